The van der Waals surface area contributed by atoms with Crippen LogP contribution in [0.1, 0.15) is 30.5 Å². The van der Waals surface area contributed by atoms with Gasteiger partial charge in [0, 0.05) is 19.5 Å². The van der Waals surface area contributed by atoms with Crippen molar-refractivity contribution in [1.29, 1.82) is 0 Å². The van der Waals surface area contributed by atoms with Crippen molar-refractivity contribution in [3.8, 4) is 5.75 Å². The Morgan fingerprint density at radius 3 is 1.98 bits per heavy atom. The summed E-state index contributed by atoms with van der Waals surface area (Å²) in [7, 11) is -2.68. The summed E-state index contributed by atoms with van der Waals surface area (Å²) in [6.07, 6.45) is 0.263. The third kappa shape index (κ3) is 8.95. The Hall–Kier alpha value is -4.63. The molecule has 8 nitrogen and oxygen atoms in total. The van der Waals surface area contributed by atoms with Gasteiger partial charge >= 0.3 is 0 Å². The summed E-state index contributed by atoms with van der Waals surface area (Å²) in [4.78, 5) is 29.8. The first kappa shape index (κ1) is 33.3. The number of para-hydroxylation sites is 1. The second-order valence-corrected chi connectivity index (χ2v) is 13.2. The zero-order valence-electron chi connectivity index (χ0n) is 26.2. The number of carbonyl (C=O) groups excluding carboxylic acids is 2. The van der Waals surface area contributed by atoms with Crippen molar-refractivity contribution in [1.82, 2.24) is 10.2 Å². The molecule has 0 aromatic heterocycles. The first-order valence-corrected chi connectivity index (χ1v) is 16.4. The van der Waals surface area contributed by atoms with Crippen LogP contribution in [0.4, 0.5) is 5.69 Å². The Morgan fingerprint density at radius 1 is 0.800 bits per heavy atom. The highest BCUT2D eigenvalue weighted by molar-refractivity contribution is 7.92. The minimum Gasteiger partial charge on any atom is -0.497 e. The molecule has 0 unspecified atom stereocenters. The molecular weight excluding hydrogens is 586 g/mol. The summed E-state index contributed by atoms with van der Waals surface area (Å²) in [6.45, 7) is 6.04. The highest BCUT2D eigenvalue weighted by atomic mass is 32.2. The van der Waals surface area contributed by atoms with Crippen LogP contribution in [0.5, 0.6) is 5.75 Å². The lowest BCUT2D eigenvalue weighted by molar-refractivity contribution is -0.140. The molecule has 0 saturated carbocycles. The van der Waals surface area contributed by atoms with Gasteiger partial charge in [-0.3, -0.25) is 13.9 Å². The van der Waals surface area contributed by atoms with Crippen LogP contribution in [0.25, 0.3) is 0 Å². The van der Waals surface area contributed by atoms with E-state index in [1.165, 1.54) is 24.1 Å². The van der Waals surface area contributed by atoms with Gasteiger partial charge in [-0.2, -0.15) is 0 Å². The molecule has 4 aromatic carbocycles. The lowest BCUT2D eigenvalue weighted by Crippen LogP contribution is -2.53. The van der Waals surface area contributed by atoms with E-state index in [0.29, 0.717) is 18.0 Å². The number of benzene rings is 4. The second kappa shape index (κ2) is 15.4. The van der Waals surface area contributed by atoms with E-state index in [-0.39, 0.29) is 29.7 Å². The van der Waals surface area contributed by atoms with E-state index in [2.05, 4.69) is 5.32 Å². The van der Waals surface area contributed by atoms with E-state index in [0.717, 1.165) is 21.0 Å². The summed E-state index contributed by atoms with van der Waals surface area (Å²) >= 11 is 0. The number of nitrogens with zero attached hydrogens (tertiary/aromatic N) is 2. The van der Waals surface area contributed by atoms with E-state index in [9.17, 15) is 18.0 Å². The van der Waals surface area contributed by atoms with E-state index < -0.39 is 28.5 Å². The topological polar surface area (TPSA) is 96.0 Å². The van der Waals surface area contributed by atoms with Crippen molar-refractivity contribution in [2.45, 2.75) is 44.7 Å². The van der Waals surface area contributed by atoms with Crippen LogP contribution in [0.2, 0.25) is 0 Å². The molecule has 2 amide bonds. The summed E-state index contributed by atoms with van der Waals surface area (Å²) in [5.74, 6) is -0.0815. The van der Waals surface area contributed by atoms with Gasteiger partial charge in [-0.05, 0) is 60.4 Å². The first-order chi connectivity index (χ1) is 21.6. The molecule has 4 rings (SSSR count). The molecule has 0 aliphatic rings. The number of sulfonamides is 1. The molecule has 1 N–H and O–H groups in total. The fraction of sp³-hybridized carbons (Fsp3) is 0.278. The smallest absolute Gasteiger partial charge is 0.264 e. The van der Waals surface area contributed by atoms with Gasteiger partial charge in [0.25, 0.3) is 10.0 Å². The fourth-order valence-corrected chi connectivity index (χ4v) is 6.28. The fourth-order valence-electron chi connectivity index (χ4n) is 4.86. The van der Waals surface area contributed by atoms with Crippen molar-refractivity contribution >= 4 is 27.5 Å². The highest BCUT2D eigenvalue weighted by Crippen LogP contribution is 2.26. The number of hydrogen-bond acceptors (Lipinski definition) is 5. The first-order valence-electron chi connectivity index (χ1n) is 15.0. The molecule has 0 radical (unpaired) electrons. The Kier molecular flexibility index (Phi) is 11.4. The predicted molar refractivity (Wildman–Crippen MR) is 177 cm³/mol. The summed E-state index contributed by atoms with van der Waals surface area (Å²) in [5.41, 5.74) is 3.11. The van der Waals surface area contributed by atoms with E-state index in [4.69, 9.17) is 4.74 Å². The molecular formula is C36H41N3O5S. The van der Waals surface area contributed by atoms with Gasteiger partial charge < -0.3 is 15.0 Å². The zero-order valence-corrected chi connectivity index (χ0v) is 27.0. The molecule has 4 aromatic rings. The van der Waals surface area contributed by atoms with Gasteiger partial charge in [-0.15, -0.1) is 0 Å². The van der Waals surface area contributed by atoms with Crippen molar-refractivity contribution in [2.24, 2.45) is 5.92 Å². The van der Waals surface area contributed by atoms with Gasteiger partial charge in [0.1, 0.15) is 18.3 Å². The maximum absolute atomic E-state index is 14.5. The molecule has 0 aliphatic carbocycles. The maximum atomic E-state index is 14.5. The number of rotatable bonds is 14. The summed E-state index contributed by atoms with van der Waals surface area (Å²) < 4.78 is 34.5. The zero-order chi connectivity index (χ0) is 32.4. The number of amides is 2. The SMILES string of the molecule is COc1ccc(S(=O)(=O)N(CC(=O)N(Cc2ccc(C)cc2)[C@@H](Cc2ccccc2)C(=O)NCC(C)C)c2ccccc2)cc1. The Labute approximate surface area is 266 Å². The average molecular weight is 628 g/mol. The van der Waals surface area contributed by atoms with Crippen LogP contribution in [0.3, 0.4) is 0 Å². The lowest BCUT2D eigenvalue weighted by Gasteiger charge is -2.34. The van der Waals surface area contributed by atoms with Crippen LogP contribution in [0, 0.1) is 12.8 Å². The third-order valence-electron chi connectivity index (χ3n) is 7.40. The highest BCUT2D eigenvalue weighted by Gasteiger charge is 2.34. The van der Waals surface area contributed by atoms with E-state index >= 15 is 0 Å². The van der Waals surface area contributed by atoms with Gasteiger partial charge in [-0.25, -0.2) is 8.42 Å². The number of nitrogens with one attached hydrogen (secondary N) is 1. The molecule has 236 valence electrons. The number of ether oxygens (including phenoxy) is 1. The van der Waals surface area contributed by atoms with Crippen LogP contribution < -0.4 is 14.4 Å². The number of hydrogen-bond donors (Lipinski definition) is 1. The van der Waals surface area contributed by atoms with Gasteiger partial charge in [0.05, 0.1) is 17.7 Å². The molecule has 0 aliphatic heterocycles. The van der Waals surface area contributed by atoms with E-state index in [1.807, 2.05) is 75.4 Å². The van der Waals surface area contributed by atoms with Gasteiger partial charge in [0.15, 0.2) is 0 Å². The van der Waals surface area contributed by atoms with Crippen molar-refractivity contribution in [3.05, 3.63) is 126 Å². The Balaban J connectivity index is 1.77. The normalized spacial score (nSPS) is 11.9. The molecule has 0 bridgehead atoms. The number of anilines is 1. The standard InChI is InChI=1S/C36H41N3O5S/c1-27(2)24-37-36(41)34(23-29-11-7-5-8-12-29)38(25-30-17-15-28(3)16-18-30)35(40)26-39(31-13-9-6-10-14-31)45(42,43)33-21-19-32(44-4)20-22-33/h5-22,27,34H,23-26H2,1-4H3,(H,37,41)/t34-/m0/s1. The van der Waals surface area contributed by atoms with Crippen molar-refractivity contribution in [3.63, 3.8) is 0 Å². The minimum absolute atomic E-state index is 0.0144. The number of methoxy groups -OCH3 is 1. The van der Waals surface area contributed by atoms with Crippen LogP contribution in [-0.4, -0.2) is 51.4 Å². The van der Waals surface area contributed by atoms with E-state index in [1.54, 1.807) is 42.5 Å². The summed E-state index contributed by atoms with van der Waals surface area (Å²) in [6, 6.07) is 30.9. The number of carbonyl (C=O) groups is 2. The molecule has 1 atom stereocenters. The van der Waals surface area contributed by atoms with Crippen molar-refractivity contribution in [2.75, 3.05) is 24.5 Å². The minimum atomic E-state index is -4.18. The van der Waals surface area contributed by atoms with Crippen molar-refractivity contribution < 1.29 is 22.7 Å². The third-order valence-corrected chi connectivity index (χ3v) is 9.19. The van der Waals surface area contributed by atoms with Gasteiger partial charge in [0.2, 0.25) is 11.8 Å². The van der Waals surface area contributed by atoms with Crippen LogP contribution >= 0.6 is 0 Å². The number of aryl methyl sites for hydroxylation is 1. The second-order valence-electron chi connectivity index (χ2n) is 11.4. The van der Waals surface area contributed by atoms with Gasteiger partial charge in [-0.1, -0.05) is 92.2 Å². The molecule has 0 saturated heterocycles. The average Bonchev–Trinajstić information content (AvgIpc) is 3.05. The molecule has 0 spiro atoms. The molecule has 0 fully saturated rings. The predicted octanol–water partition coefficient (Wildman–Crippen LogP) is 5.61. The molecule has 45 heavy (non-hydrogen) atoms. The Morgan fingerprint density at radius 2 is 1.40 bits per heavy atom. The maximum Gasteiger partial charge on any atom is 0.264 e. The van der Waals surface area contributed by atoms with Crippen LogP contribution in [-0.2, 0) is 32.6 Å². The van der Waals surface area contributed by atoms with Crippen LogP contribution in [0.15, 0.2) is 114 Å². The summed E-state index contributed by atoms with van der Waals surface area (Å²) in [5, 5.41) is 3.01. The quantitative estimate of drug-likeness (QED) is 0.196. The largest absolute Gasteiger partial charge is 0.497 e. The Bertz CT molecular complexity index is 1640. The lowest BCUT2D eigenvalue weighted by atomic mass is 10.0. The molecule has 0 heterocycles. The molecule has 9 heteroatoms. The monoisotopic (exact) mass is 627 g/mol.